The fraction of sp³-hybridized carbons (Fsp3) is 0. The first-order chi connectivity index (χ1) is 8.95. The third-order valence-electron chi connectivity index (χ3n) is 2.39. The van der Waals surface area contributed by atoms with Crippen LogP contribution in [0.1, 0.15) is 5.56 Å². The van der Waals surface area contributed by atoms with E-state index in [1.165, 1.54) is 0 Å². The van der Waals surface area contributed by atoms with Crippen molar-refractivity contribution < 1.29 is 0 Å². The molecule has 2 rings (SSSR count). The standard InChI is InChI=1S/C13H9Cl3N2S/c14-7-1-2-12(11(6-7)13(17)19)18-10-4-8(15)3-9(16)5-10/h1-6,18H,(H2,17,19). The molecule has 2 nitrogen and oxygen atoms in total. The first-order valence-electron chi connectivity index (χ1n) is 5.28. The van der Waals surface area contributed by atoms with Crippen molar-refractivity contribution in [1.29, 1.82) is 0 Å². The van der Waals surface area contributed by atoms with Crippen LogP contribution in [-0.2, 0) is 0 Å². The zero-order valence-electron chi connectivity index (χ0n) is 9.58. The summed E-state index contributed by atoms with van der Waals surface area (Å²) in [5.74, 6) is 0. The minimum Gasteiger partial charge on any atom is -0.389 e. The molecule has 0 bridgehead atoms. The van der Waals surface area contributed by atoms with E-state index in [1.807, 2.05) is 0 Å². The summed E-state index contributed by atoms with van der Waals surface area (Å²) in [7, 11) is 0. The molecule has 2 aromatic rings. The Morgan fingerprint density at radius 2 is 1.58 bits per heavy atom. The number of benzene rings is 2. The second-order valence-corrected chi connectivity index (χ2v) is 5.59. The van der Waals surface area contributed by atoms with Crippen LogP contribution >= 0.6 is 47.0 Å². The molecule has 0 amide bonds. The van der Waals surface area contributed by atoms with E-state index >= 15 is 0 Å². The summed E-state index contributed by atoms with van der Waals surface area (Å²) >= 11 is 22.8. The van der Waals surface area contributed by atoms with E-state index in [2.05, 4.69) is 5.32 Å². The number of hydrogen-bond acceptors (Lipinski definition) is 2. The smallest absolute Gasteiger partial charge is 0.106 e. The molecule has 0 aliphatic heterocycles. The topological polar surface area (TPSA) is 38.0 Å². The van der Waals surface area contributed by atoms with Crippen molar-refractivity contribution in [2.24, 2.45) is 5.73 Å². The molecule has 0 heterocycles. The molecule has 2 aromatic carbocycles. The molecule has 0 radical (unpaired) electrons. The van der Waals surface area contributed by atoms with Gasteiger partial charge in [-0.15, -0.1) is 0 Å². The Bertz CT molecular complexity index is 624. The van der Waals surface area contributed by atoms with Crippen molar-refractivity contribution in [2.45, 2.75) is 0 Å². The van der Waals surface area contributed by atoms with Crippen molar-refractivity contribution >= 4 is 63.4 Å². The summed E-state index contributed by atoms with van der Waals surface area (Å²) in [6.45, 7) is 0. The summed E-state index contributed by atoms with van der Waals surface area (Å²) < 4.78 is 0. The lowest BCUT2D eigenvalue weighted by Crippen LogP contribution is -2.11. The van der Waals surface area contributed by atoms with Crippen LogP contribution in [0.2, 0.25) is 15.1 Å². The van der Waals surface area contributed by atoms with Gasteiger partial charge in [-0.25, -0.2) is 0 Å². The van der Waals surface area contributed by atoms with Crippen LogP contribution in [0.5, 0.6) is 0 Å². The summed E-state index contributed by atoms with van der Waals surface area (Å²) in [6, 6.07) is 10.4. The van der Waals surface area contributed by atoms with Gasteiger partial charge in [0, 0.05) is 32.0 Å². The van der Waals surface area contributed by atoms with Gasteiger partial charge in [-0.05, 0) is 36.4 Å². The number of hydrogen-bond donors (Lipinski definition) is 2. The molecule has 6 heteroatoms. The number of nitrogens with two attached hydrogens (primary N) is 1. The molecule has 19 heavy (non-hydrogen) atoms. The highest BCUT2D eigenvalue weighted by molar-refractivity contribution is 7.80. The summed E-state index contributed by atoms with van der Waals surface area (Å²) in [6.07, 6.45) is 0. The lowest BCUT2D eigenvalue weighted by molar-refractivity contribution is 1.52. The van der Waals surface area contributed by atoms with Crippen LogP contribution in [0.15, 0.2) is 36.4 Å². The lowest BCUT2D eigenvalue weighted by Gasteiger charge is -2.12. The summed E-state index contributed by atoms with van der Waals surface area (Å²) in [5, 5.41) is 4.82. The van der Waals surface area contributed by atoms with Crippen LogP contribution in [0.3, 0.4) is 0 Å². The fourth-order valence-electron chi connectivity index (χ4n) is 1.61. The average Bonchev–Trinajstić information content (AvgIpc) is 2.30. The normalized spacial score (nSPS) is 10.3. The van der Waals surface area contributed by atoms with Crippen molar-refractivity contribution in [3.8, 4) is 0 Å². The SMILES string of the molecule is NC(=S)c1cc(Cl)ccc1Nc1cc(Cl)cc(Cl)c1. The molecular weight excluding hydrogens is 323 g/mol. The fourth-order valence-corrected chi connectivity index (χ4v) is 2.48. The highest BCUT2D eigenvalue weighted by Gasteiger charge is 2.07. The van der Waals surface area contributed by atoms with Crippen molar-refractivity contribution in [3.63, 3.8) is 0 Å². The van der Waals surface area contributed by atoms with Crippen molar-refractivity contribution in [2.75, 3.05) is 5.32 Å². The van der Waals surface area contributed by atoms with Gasteiger partial charge in [0.25, 0.3) is 0 Å². The summed E-state index contributed by atoms with van der Waals surface area (Å²) in [4.78, 5) is 0.262. The third-order valence-corrected chi connectivity index (χ3v) is 3.28. The second kappa shape index (κ2) is 5.97. The Kier molecular flexibility index (Phi) is 4.53. The molecule has 0 aliphatic carbocycles. The number of thiocarbonyl (C=S) groups is 1. The maximum atomic E-state index is 5.95. The van der Waals surface area contributed by atoms with Gasteiger partial charge in [0.15, 0.2) is 0 Å². The van der Waals surface area contributed by atoms with Crippen LogP contribution in [0.4, 0.5) is 11.4 Å². The Balaban J connectivity index is 2.40. The average molecular weight is 332 g/mol. The monoisotopic (exact) mass is 330 g/mol. The molecule has 0 saturated heterocycles. The molecule has 0 fully saturated rings. The second-order valence-electron chi connectivity index (χ2n) is 3.84. The third kappa shape index (κ3) is 3.74. The van der Waals surface area contributed by atoms with Gasteiger partial charge >= 0.3 is 0 Å². The maximum absolute atomic E-state index is 5.95. The van der Waals surface area contributed by atoms with Gasteiger partial charge in [-0.3, -0.25) is 0 Å². The molecule has 0 aromatic heterocycles. The summed E-state index contributed by atoms with van der Waals surface area (Å²) in [5.41, 5.74) is 7.84. The van der Waals surface area contributed by atoms with E-state index in [0.717, 1.165) is 11.4 Å². The largest absolute Gasteiger partial charge is 0.389 e. The van der Waals surface area contributed by atoms with E-state index in [-0.39, 0.29) is 4.99 Å². The Morgan fingerprint density at radius 3 is 2.16 bits per heavy atom. The first kappa shape index (κ1) is 14.4. The van der Waals surface area contributed by atoms with Crippen LogP contribution in [-0.4, -0.2) is 4.99 Å². The maximum Gasteiger partial charge on any atom is 0.106 e. The number of rotatable bonds is 3. The first-order valence-corrected chi connectivity index (χ1v) is 6.82. The molecule has 0 atom stereocenters. The molecule has 0 aliphatic rings. The molecule has 98 valence electrons. The Morgan fingerprint density at radius 1 is 0.947 bits per heavy atom. The zero-order valence-corrected chi connectivity index (χ0v) is 12.7. The van der Waals surface area contributed by atoms with Gasteiger partial charge in [-0.2, -0.15) is 0 Å². The van der Waals surface area contributed by atoms with Gasteiger partial charge < -0.3 is 11.1 Å². The van der Waals surface area contributed by atoms with Crippen LogP contribution in [0.25, 0.3) is 0 Å². The highest BCUT2D eigenvalue weighted by atomic mass is 35.5. The molecular formula is C13H9Cl3N2S. The van der Waals surface area contributed by atoms with Crippen molar-refractivity contribution in [3.05, 3.63) is 57.0 Å². The molecule has 0 saturated carbocycles. The minimum absolute atomic E-state index is 0.262. The van der Waals surface area contributed by atoms with Gasteiger partial charge in [0.2, 0.25) is 0 Å². The highest BCUT2D eigenvalue weighted by Crippen LogP contribution is 2.28. The number of nitrogens with one attached hydrogen (secondary N) is 1. The molecule has 0 unspecified atom stereocenters. The van der Waals surface area contributed by atoms with Crippen molar-refractivity contribution in [1.82, 2.24) is 0 Å². The predicted molar refractivity (Wildman–Crippen MR) is 87.1 cm³/mol. The van der Waals surface area contributed by atoms with Gasteiger partial charge in [0.1, 0.15) is 4.99 Å². The Hall–Kier alpha value is -1.000. The molecule has 3 N–H and O–H groups in total. The van der Waals surface area contributed by atoms with E-state index in [1.54, 1.807) is 36.4 Å². The van der Waals surface area contributed by atoms with Crippen LogP contribution < -0.4 is 11.1 Å². The quantitative estimate of drug-likeness (QED) is 0.775. The minimum atomic E-state index is 0.262. The van der Waals surface area contributed by atoms with Gasteiger partial charge in [0.05, 0.1) is 0 Å². The zero-order chi connectivity index (χ0) is 14.0. The molecule has 0 spiro atoms. The van der Waals surface area contributed by atoms with Gasteiger partial charge in [-0.1, -0.05) is 47.0 Å². The predicted octanol–water partition coefficient (Wildman–Crippen LogP) is 5.02. The van der Waals surface area contributed by atoms with E-state index < -0.39 is 0 Å². The van der Waals surface area contributed by atoms with E-state index in [0.29, 0.717) is 20.6 Å². The van der Waals surface area contributed by atoms with Crippen LogP contribution in [0, 0.1) is 0 Å². The lowest BCUT2D eigenvalue weighted by atomic mass is 10.1. The number of halogens is 3. The van der Waals surface area contributed by atoms with E-state index in [9.17, 15) is 0 Å². The number of anilines is 2. The Labute approximate surface area is 131 Å². The van der Waals surface area contributed by atoms with E-state index in [4.69, 9.17) is 52.8 Å².